The van der Waals surface area contributed by atoms with Gasteiger partial charge in [-0.05, 0) is 19.1 Å². The molecule has 1 heterocycles. The molecule has 0 aliphatic heterocycles. The number of carbonyl (C=O) groups is 1. The number of amides is 1. The summed E-state index contributed by atoms with van der Waals surface area (Å²) in [6.07, 6.45) is 4.46. The third-order valence-corrected chi connectivity index (χ3v) is 3.23. The van der Waals surface area contributed by atoms with E-state index in [1.54, 1.807) is 16.9 Å². The van der Waals surface area contributed by atoms with Gasteiger partial charge in [-0.25, -0.2) is 23.4 Å². The lowest BCUT2D eigenvalue weighted by molar-refractivity contribution is -0.108. The second-order valence-corrected chi connectivity index (χ2v) is 5.06. The SMILES string of the molecule is Cc1ccc(S(=O)(=O)NC=O)cc1.c1ncncn1. The van der Waals surface area contributed by atoms with Gasteiger partial charge in [-0.2, -0.15) is 0 Å². The predicted molar refractivity (Wildman–Crippen MR) is 67.4 cm³/mol. The number of carbonyl (C=O) groups excluding carboxylic acids is 1. The number of hydrogen-bond acceptors (Lipinski definition) is 6. The quantitative estimate of drug-likeness (QED) is 0.811. The average Bonchev–Trinajstić information content (AvgIpc) is 2.42. The summed E-state index contributed by atoms with van der Waals surface area (Å²) in [5.41, 5.74) is 0.963. The van der Waals surface area contributed by atoms with Crippen LogP contribution >= 0.6 is 0 Å². The van der Waals surface area contributed by atoms with Crippen LogP contribution in [0.2, 0.25) is 0 Å². The lowest BCUT2D eigenvalue weighted by Gasteiger charge is -2.01. The molecule has 7 nitrogen and oxygen atoms in total. The maximum Gasteiger partial charge on any atom is 0.263 e. The Bertz CT molecular complexity index is 573. The number of nitrogens with one attached hydrogen (secondary N) is 1. The van der Waals surface area contributed by atoms with Gasteiger partial charge < -0.3 is 0 Å². The molecule has 0 aliphatic carbocycles. The Hall–Kier alpha value is -2.35. The van der Waals surface area contributed by atoms with Crippen molar-refractivity contribution in [2.75, 3.05) is 0 Å². The predicted octanol–water partition coefficient (Wildman–Crippen LogP) is 0.301. The molecule has 0 radical (unpaired) electrons. The molecular weight excluding hydrogens is 268 g/mol. The van der Waals surface area contributed by atoms with Crippen LogP contribution in [0.4, 0.5) is 0 Å². The summed E-state index contributed by atoms with van der Waals surface area (Å²) in [5.74, 6) is 0. The highest BCUT2D eigenvalue weighted by Gasteiger charge is 2.11. The summed E-state index contributed by atoms with van der Waals surface area (Å²) >= 11 is 0. The van der Waals surface area contributed by atoms with Gasteiger partial charge in [0.15, 0.2) is 0 Å². The zero-order valence-corrected chi connectivity index (χ0v) is 10.9. The van der Waals surface area contributed by atoms with Gasteiger partial charge in [0.1, 0.15) is 19.0 Å². The summed E-state index contributed by atoms with van der Waals surface area (Å²) in [6.45, 7) is 1.85. The number of aryl methyl sites for hydroxylation is 1. The van der Waals surface area contributed by atoms with Crippen molar-refractivity contribution in [1.29, 1.82) is 0 Å². The number of benzene rings is 1. The van der Waals surface area contributed by atoms with Gasteiger partial charge in [0.05, 0.1) is 4.90 Å². The van der Waals surface area contributed by atoms with Gasteiger partial charge in [0.2, 0.25) is 6.41 Å². The summed E-state index contributed by atoms with van der Waals surface area (Å²) in [4.78, 5) is 20.7. The Labute approximate surface area is 110 Å². The first-order valence-electron chi connectivity index (χ1n) is 5.14. The Morgan fingerprint density at radius 1 is 1.00 bits per heavy atom. The number of nitrogens with zero attached hydrogens (tertiary/aromatic N) is 3. The number of hydrogen-bond donors (Lipinski definition) is 1. The van der Waals surface area contributed by atoms with E-state index in [2.05, 4.69) is 15.0 Å². The molecule has 2 rings (SSSR count). The summed E-state index contributed by atoms with van der Waals surface area (Å²) < 4.78 is 24.2. The van der Waals surface area contributed by atoms with Gasteiger partial charge in [-0.15, -0.1) is 0 Å². The highest BCUT2D eigenvalue weighted by molar-refractivity contribution is 7.90. The number of rotatable bonds is 3. The molecule has 0 spiro atoms. The van der Waals surface area contributed by atoms with Crippen molar-refractivity contribution in [2.24, 2.45) is 0 Å². The van der Waals surface area contributed by atoms with Crippen molar-refractivity contribution in [3.8, 4) is 0 Å². The molecule has 8 heteroatoms. The van der Waals surface area contributed by atoms with E-state index >= 15 is 0 Å². The highest BCUT2D eigenvalue weighted by Crippen LogP contribution is 2.08. The van der Waals surface area contributed by atoms with Crippen LogP contribution in [-0.2, 0) is 14.8 Å². The van der Waals surface area contributed by atoms with Gasteiger partial charge in [-0.1, -0.05) is 17.7 Å². The second kappa shape index (κ2) is 7.17. The van der Waals surface area contributed by atoms with Crippen molar-refractivity contribution in [2.45, 2.75) is 11.8 Å². The normalized spacial score (nSPS) is 9.95. The van der Waals surface area contributed by atoms with Crippen LogP contribution in [0.25, 0.3) is 0 Å². The lowest BCUT2D eigenvalue weighted by Crippen LogP contribution is -2.21. The molecule has 100 valence electrons. The molecule has 1 N–H and O–H groups in total. The molecule has 0 fully saturated rings. The zero-order valence-electron chi connectivity index (χ0n) is 10.1. The topological polar surface area (TPSA) is 102 Å². The van der Waals surface area contributed by atoms with E-state index < -0.39 is 10.0 Å². The van der Waals surface area contributed by atoms with Gasteiger partial charge in [0.25, 0.3) is 10.0 Å². The van der Waals surface area contributed by atoms with E-state index in [0.29, 0.717) is 0 Å². The van der Waals surface area contributed by atoms with E-state index in [-0.39, 0.29) is 11.3 Å². The Morgan fingerprint density at radius 3 is 1.84 bits per heavy atom. The molecule has 2 aromatic rings. The van der Waals surface area contributed by atoms with Crippen LogP contribution in [0, 0.1) is 6.92 Å². The van der Waals surface area contributed by atoms with Gasteiger partial charge >= 0.3 is 0 Å². The third-order valence-electron chi connectivity index (χ3n) is 1.93. The first kappa shape index (κ1) is 14.7. The maximum atomic E-state index is 11.2. The average molecular weight is 280 g/mol. The fraction of sp³-hybridized carbons (Fsp3) is 0.0909. The largest absolute Gasteiger partial charge is 0.278 e. The van der Waals surface area contributed by atoms with Crippen molar-refractivity contribution in [3.05, 3.63) is 48.8 Å². The van der Waals surface area contributed by atoms with Crippen LogP contribution in [0.1, 0.15) is 5.56 Å². The van der Waals surface area contributed by atoms with Crippen molar-refractivity contribution in [3.63, 3.8) is 0 Å². The van der Waals surface area contributed by atoms with Crippen LogP contribution in [0.3, 0.4) is 0 Å². The first-order valence-corrected chi connectivity index (χ1v) is 6.62. The first-order chi connectivity index (χ1) is 9.06. The summed E-state index contributed by atoms with van der Waals surface area (Å²) in [7, 11) is -3.65. The Kier molecular flexibility index (Phi) is 5.55. The Balaban J connectivity index is 0.000000250. The molecule has 1 amide bonds. The van der Waals surface area contributed by atoms with Crippen LogP contribution < -0.4 is 4.72 Å². The van der Waals surface area contributed by atoms with Crippen molar-refractivity contribution in [1.82, 2.24) is 19.7 Å². The summed E-state index contributed by atoms with van der Waals surface area (Å²) in [6, 6.07) is 6.22. The molecule has 1 aromatic carbocycles. The molecular formula is C11H12N4O3S. The van der Waals surface area contributed by atoms with E-state index in [1.807, 2.05) is 6.92 Å². The molecule has 0 bridgehead atoms. The molecule has 0 atom stereocenters. The molecule has 0 aliphatic rings. The number of aromatic nitrogens is 3. The molecule has 19 heavy (non-hydrogen) atoms. The van der Waals surface area contributed by atoms with Crippen LogP contribution in [0.5, 0.6) is 0 Å². The van der Waals surface area contributed by atoms with Crippen molar-refractivity contribution < 1.29 is 13.2 Å². The summed E-state index contributed by atoms with van der Waals surface area (Å²) in [5, 5.41) is 0. The van der Waals surface area contributed by atoms with E-state index in [9.17, 15) is 13.2 Å². The minimum Gasteiger partial charge on any atom is -0.278 e. The zero-order chi connectivity index (χ0) is 14.1. The van der Waals surface area contributed by atoms with Crippen LogP contribution in [-0.4, -0.2) is 29.8 Å². The molecule has 0 saturated heterocycles. The fourth-order valence-corrected chi connectivity index (χ4v) is 1.81. The van der Waals surface area contributed by atoms with E-state index in [0.717, 1.165) is 5.56 Å². The second-order valence-electron chi connectivity index (χ2n) is 3.35. The minimum absolute atomic E-state index is 0.0881. The molecule has 0 unspecified atom stereocenters. The number of sulfonamides is 1. The van der Waals surface area contributed by atoms with Gasteiger partial charge in [0, 0.05) is 0 Å². The van der Waals surface area contributed by atoms with E-state index in [4.69, 9.17) is 0 Å². The van der Waals surface area contributed by atoms with Gasteiger partial charge in [-0.3, -0.25) is 9.52 Å². The molecule has 1 aromatic heterocycles. The third kappa shape index (κ3) is 5.21. The fourth-order valence-electron chi connectivity index (χ4n) is 1.05. The minimum atomic E-state index is -3.65. The van der Waals surface area contributed by atoms with Crippen molar-refractivity contribution >= 4 is 16.4 Å². The standard InChI is InChI=1S/C8H9NO3S.C3H3N3/c1-7-2-4-8(5-3-7)13(11,12)9-6-10;1-4-2-6-3-5-1/h2-6H,1H3,(H,9,10);1-3H. The smallest absolute Gasteiger partial charge is 0.263 e. The molecule has 0 saturated carbocycles. The van der Waals surface area contributed by atoms with E-state index in [1.165, 1.54) is 31.1 Å². The lowest BCUT2D eigenvalue weighted by atomic mass is 10.2. The van der Waals surface area contributed by atoms with Crippen LogP contribution in [0.15, 0.2) is 48.1 Å². The Morgan fingerprint density at radius 2 is 1.47 bits per heavy atom. The highest BCUT2D eigenvalue weighted by atomic mass is 32.2. The maximum absolute atomic E-state index is 11.2. The monoisotopic (exact) mass is 280 g/mol.